The number of carbonyl (C=O) groups is 1. The monoisotopic (exact) mass is 480 g/mol. The van der Waals surface area contributed by atoms with E-state index >= 15 is 0 Å². The molecular weight excluding hydrogens is 447 g/mol. The van der Waals surface area contributed by atoms with Crippen LogP contribution < -0.4 is 9.80 Å². The molecule has 0 atom stereocenters. The Kier molecular flexibility index (Phi) is 6.10. The third kappa shape index (κ3) is 4.20. The number of aryl methyl sites for hydroxylation is 1. The summed E-state index contributed by atoms with van der Waals surface area (Å²) in [6.07, 6.45) is 1.56. The summed E-state index contributed by atoms with van der Waals surface area (Å²) < 4.78 is 19.4. The molecule has 1 saturated heterocycles. The molecule has 0 saturated carbocycles. The second-order valence-corrected chi connectivity index (χ2v) is 11.0. The maximum Gasteiger partial charge on any atom is 0.227 e. The predicted molar refractivity (Wildman–Crippen MR) is 139 cm³/mol. The molecule has 2 aliphatic rings. The number of rotatable bonds is 5. The first-order valence-electron chi connectivity index (χ1n) is 12.2. The van der Waals surface area contributed by atoms with Crippen molar-refractivity contribution in [3.63, 3.8) is 0 Å². The Morgan fingerprint density at radius 2 is 1.88 bits per heavy atom. The van der Waals surface area contributed by atoms with Crippen LogP contribution in [0.15, 0.2) is 30.3 Å². The number of halogens is 1. The van der Waals surface area contributed by atoms with Gasteiger partial charge in [0.15, 0.2) is 0 Å². The van der Waals surface area contributed by atoms with E-state index in [9.17, 15) is 9.18 Å². The SMILES string of the molecule is CCN1C(=O)CC(C)(C)c2cc(CCN3CCN(c4nsc5ccc(F)cc45)CC3)cc(C)c21. The maximum atomic E-state index is 13.8. The lowest BCUT2D eigenvalue weighted by molar-refractivity contribution is -0.120. The molecule has 0 aliphatic carbocycles. The van der Waals surface area contributed by atoms with Crippen molar-refractivity contribution in [1.82, 2.24) is 9.27 Å². The number of aromatic nitrogens is 1. The Labute approximate surface area is 205 Å². The van der Waals surface area contributed by atoms with Crippen LogP contribution in [0.25, 0.3) is 10.1 Å². The van der Waals surface area contributed by atoms with Gasteiger partial charge in [0.25, 0.3) is 0 Å². The smallest absolute Gasteiger partial charge is 0.227 e. The van der Waals surface area contributed by atoms with Crippen molar-refractivity contribution >= 4 is 39.0 Å². The number of carbonyl (C=O) groups excluding carboxylic acids is 1. The Morgan fingerprint density at radius 3 is 2.62 bits per heavy atom. The Morgan fingerprint density at radius 1 is 1.12 bits per heavy atom. The topological polar surface area (TPSA) is 39.7 Å². The van der Waals surface area contributed by atoms with E-state index in [1.807, 2.05) is 11.0 Å². The molecule has 2 aromatic carbocycles. The van der Waals surface area contributed by atoms with Crippen LogP contribution in [0, 0.1) is 12.7 Å². The number of hydrogen-bond acceptors (Lipinski definition) is 5. The van der Waals surface area contributed by atoms with Crippen LogP contribution in [-0.2, 0) is 16.6 Å². The molecule has 0 spiro atoms. The van der Waals surface area contributed by atoms with Gasteiger partial charge in [0.1, 0.15) is 11.6 Å². The lowest BCUT2D eigenvalue weighted by Gasteiger charge is -2.40. The molecule has 5 nitrogen and oxygen atoms in total. The van der Waals surface area contributed by atoms with Gasteiger partial charge in [-0.15, -0.1) is 0 Å². The second kappa shape index (κ2) is 8.93. The Hall–Kier alpha value is -2.51. The molecule has 1 fully saturated rings. The van der Waals surface area contributed by atoms with Gasteiger partial charge < -0.3 is 9.80 Å². The van der Waals surface area contributed by atoms with Crippen LogP contribution in [0.4, 0.5) is 15.9 Å². The number of piperazine rings is 1. The van der Waals surface area contributed by atoms with Crippen LogP contribution in [0.2, 0.25) is 0 Å². The molecule has 2 aliphatic heterocycles. The van der Waals surface area contributed by atoms with E-state index in [1.54, 1.807) is 6.07 Å². The van der Waals surface area contributed by atoms with Crippen LogP contribution in [0.1, 0.15) is 43.9 Å². The summed E-state index contributed by atoms with van der Waals surface area (Å²) in [6.45, 7) is 14.0. The fraction of sp³-hybridized carbons (Fsp3) is 0.481. The highest BCUT2D eigenvalue weighted by Gasteiger charge is 2.37. The zero-order chi connectivity index (χ0) is 24.0. The number of nitrogens with zero attached hydrogens (tertiary/aromatic N) is 4. The highest BCUT2D eigenvalue weighted by atomic mass is 32.1. The summed E-state index contributed by atoms with van der Waals surface area (Å²) >= 11 is 1.44. The van der Waals surface area contributed by atoms with Gasteiger partial charge >= 0.3 is 0 Å². The highest BCUT2D eigenvalue weighted by molar-refractivity contribution is 7.13. The first-order valence-corrected chi connectivity index (χ1v) is 13.0. The first kappa shape index (κ1) is 23.2. The summed E-state index contributed by atoms with van der Waals surface area (Å²) in [5.74, 6) is 0.939. The summed E-state index contributed by atoms with van der Waals surface area (Å²) in [4.78, 5) is 19.4. The van der Waals surface area contributed by atoms with Gasteiger partial charge in [-0.3, -0.25) is 9.69 Å². The van der Waals surface area contributed by atoms with Crippen molar-refractivity contribution in [3.05, 3.63) is 52.8 Å². The van der Waals surface area contributed by atoms with Crippen LogP contribution in [-0.4, -0.2) is 54.4 Å². The zero-order valence-corrected chi connectivity index (χ0v) is 21.3. The van der Waals surface area contributed by atoms with Crippen molar-refractivity contribution in [2.24, 2.45) is 0 Å². The van der Waals surface area contributed by atoms with Gasteiger partial charge in [-0.05, 0) is 66.7 Å². The summed E-state index contributed by atoms with van der Waals surface area (Å²) in [7, 11) is 0. The van der Waals surface area contributed by atoms with Crippen molar-refractivity contribution in [3.8, 4) is 0 Å². The normalized spacial score (nSPS) is 18.6. The minimum Gasteiger partial charge on any atom is -0.353 e. The quantitative estimate of drug-likeness (QED) is 0.507. The summed E-state index contributed by atoms with van der Waals surface area (Å²) in [5.41, 5.74) is 4.82. The maximum absolute atomic E-state index is 13.8. The third-order valence-corrected chi connectivity index (χ3v) is 8.19. The minimum absolute atomic E-state index is 0.139. The van der Waals surface area contributed by atoms with Gasteiger partial charge in [-0.25, -0.2) is 4.39 Å². The number of benzene rings is 2. The lowest BCUT2D eigenvalue weighted by atomic mass is 9.75. The Bertz CT molecular complexity index is 1230. The van der Waals surface area contributed by atoms with E-state index in [2.05, 4.69) is 54.0 Å². The molecule has 1 aromatic heterocycles. The molecule has 3 heterocycles. The first-order chi connectivity index (χ1) is 16.3. The van der Waals surface area contributed by atoms with Gasteiger partial charge in [-0.2, -0.15) is 4.37 Å². The molecule has 0 bridgehead atoms. The largest absolute Gasteiger partial charge is 0.353 e. The Balaban J connectivity index is 1.26. The molecule has 0 unspecified atom stereocenters. The number of fused-ring (bicyclic) bond motifs is 2. The zero-order valence-electron chi connectivity index (χ0n) is 20.5. The number of amides is 1. The fourth-order valence-corrected chi connectivity index (χ4v) is 6.27. The van der Waals surface area contributed by atoms with E-state index in [-0.39, 0.29) is 17.1 Å². The third-order valence-electron chi connectivity index (χ3n) is 7.37. The molecule has 1 amide bonds. The van der Waals surface area contributed by atoms with E-state index < -0.39 is 0 Å². The van der Waals surface area contributed by atoms with Crippen molar-refractivity contribution in [1.29, 1.82) is 0 Å². The molecule has 0 N–H and O–H groups in total. The van der Waals surface area contributed by atoms with Crippen molar-refractivity contribution in [2.45, 2.75) is 46.0 Å². The van der Waals surface area contributed by atoms with E-state index in [4.69, 9.17) is 0 Å². The molecule has 0 radical (unpaired) electrons. The average Bonchev–Trinajstić information content (AvgIpc) is 3.21. The van der Waals surface area contributed by atoms with Gasteiger partial charge in [-0.1, -0.05) is 26.0 Å². The van der Waals surface area contributed by atoms with Crippen LogP contribution in [0.3, 0.4) is 0 Å². The van der Waals surface area contributed by atoms with E-state index in [0.29, 0.717) is 13.0 Å². The molecule has 180 valence electrons. The summed E-state index contributed by atoms with van der Waals surface area (Å²) in [5, 5.41) is 0.921. The molecular formula is C27H33FN4OS. The fourth-order valence-electron chi connectivity index (χ4n) is 5.50. The predicted octanol–water partition coefficient (Wildman–Crippen LogP) is 5.14. The number of anilines is 2. The van der Waals surface area contributed by atoms with Crippen molar-refractivity contribution < 1.29 is 9.18 Å². The van der Waals surface area contributed by atoms with Crippen LogP contribution in [0.5, 0.6) is 0 Å². The lowest BCUT2D eigenvalue weighted by Crippen LogP contribution is -2.47. The molecule has 34 heavy (non-hydrogen) atoms. The standard InChI is InChI=1S/C27H33FN4OS/c1-5-32-24(33)17-27(3,4)22-15-19(14-18(2)25(22)32)8-9-30-10-12-31(13-11-30)26-21-16-20(28)6-7-23(21)34-29-26/h6-7,14-16H,5,8-13,17H2,1-4H3. The van der Waals surface area contributed by atoms with Gasteiger partial charge in [0.05, 0.1) is 10.4 Å². The van der Waals surface area contributed by atoms with Gasteiger partial charge in [0, 0.05) is 56.5 Å². The minimum atomic E-state index is -0.206. The van der Waals surface area contributed by atoms with E-state index in [1.165, 1.54) is 34.3 Å². The average molecular weight is 481 g/mol. The van der Waals surface area contributed by atoms with Gasteiger partial charge in [0.2, 0.25) is 5.91 Å². The van der Waals surface area contributed by atoms with Crippen molar-refractivity contribution in [2.75, 3.05) is 49.1 Å². The highest BCUT2D eigenvalue weighted by Crippen LogP contribution is 2.42. The number of hydrogen-bond donors (Lipinski definition) is 0. The second-order valence-electron chi connectivity index (χ2n) is 10.2. The van der Waals surface area contributed by atoms with Crippen LogP contribution >= 0.6 is 11.5 Å². The molecule has 7 heteroatoms. The molecule has 5 rings (SSSR count). The van der Waals surface area contributed by atoms with E-state index in [0.717, 1.165) is 60.7 Å². The molecule has 3 aromatic rings. The summed E-state index contributed by atoms with van der Waals surface area (Å²) in [6, 6.07) is 9.53.